The molecule has 0 saturated heterocycles. The molecule has 0 unspecified atom stereocenters. The quantitative estimate of drug-likeness (QED) is 0.675. The minimum absolute atomic E-state index is 0.0922. The van der Waals surface area contributed by atoms with Crippen molar-refractivity contribution in [2.45, 2.75) is 25.8 Å². The maximum absolute atomic E-state index is 11.9. The highest BCUT2D eigenvalue weighted by molar-refractivity contribution is 5.81. The first-order chi connectivity index (χ1) is 11.8. The summed E-state index contributed by atoms with van der Waals surface area (Å²) in [6, 6.07) is 10.2. The van der Waals surface area contributed by atoms with Crippen LogP contribution >= 0.6 is 0 Å². The topological polar surface area (TPSA) is 69.9 Å². The van der Waals surface area contributed by atoms with Crippen LogP contribution in [0.2, 0.25) is 0 Å². The van der Waals surface area contributed by atoms with Crippen LogP contribution in [0.4, 0.5) is 0 Å². The minimum atomic E-state index is -0.141. The van der Waals surface area contributed by atoms with Gasteiger partial charge in [-0.1, -0.05) is 30.3 Å². The van der Waals surface area contributed by atoms with E-state index in [1.807, 2.05) is 29.7 Å². The van der Waals surface area contributed by atoms with Crippen molar-refractivity contribution in [3.05, 3.63) is 54.2 Å². The number of ether oxygens (including phenoxy) is 1. The van der Waals surface area contributed by atoms with E-state index in [4.69, 9.17) is 4.74 Å². The van der Waals surface area contributed by atoms with Gasteiger partial charge in [0.1, 0.15) is 11.8 Å². The van der Waals surface area contributed by atoms with Crippen LogP contribution in [0.25, 0.3) is 11.2 Å². The predicted molar refractivity (Wildman–Crippen MR) is 88.3 cm³/mol. The molecule has 1 aliphatic rings. The van der Waals surface area contributed by atoms with Crippen LogP contribution < -0.4 is 0 Å². The van der Waals surface area contributed by atoms with Crippen LogP contribution in [-0.2, 0) is 16.1 Å². The van der Waals surface area contributed by atoms with Crippen LogP contribution in [0.5, 0.6) is 0 Å². The Morgan fingerprint density at radius 1 is 1.25 bits per heavy atom. The van der Waals surface area contributed by atoms with Gasteiger partial charge in [-0.05, 0) is 18.9 Å². The Bertz CT molecular complexity index is 875. The van der Waals surface area contributed by atoms with E-state index in [0.29, 0.717) is 13.2 Å². The van der Waals surface area contributed by atoms with Gasteiger partial charge in [0.25, 0.3) is 0 Å². The summed E-state index contributed by atoms with van der Waals surface area (Å²) in [6.07, 6.45) is 4.12. The number of fused-ring (bicyclic) bond motifs is 1. The molecule has 122 valence electrons. The predicted octanol–water partition coefficient (Wildman–Crippen LogP) is 2.54. The van der Waals surface area contributed by atoms with Gasteiger partial charge in [-0.15, -0.1) is 0 Å². The molecule has 2 heterocycles. The molecular weight excluding hydrogens is 304 g/mol. The van der Waals surface area contributed by atoms with Crippen LogP contribution in [0, 0.1) is 5.92 Å². The third-order valence-corrected chi connectivity index (χ3v) is 4.36. The van der Waals surface area contributed by atoms with E-state index < -0.39 is 0 Å². The second kappa shape index (κ2) is 6.03. The van der Waals surface area contributed by atoms with E-state index in [9.17, 15) is 4.79 Å². The van der Waals surface area contributed by atoms with Gasteiger partial charge in [-0.3, -0.25) is 4.79 Å². The van der Waals surface area contributed by atoms with Crippen LogP contribution in [-0.4, -0.2) is 32.1 Å². The molecule has 0 radical (unpaired) electrons. The number of nitrogens with zero attached hydrogens (tertiary/aromatic N) is 4. The van der Waals surface area contributed by atoms with Gasteiger partial charge in [-0.2, -0.15) is 0 Å². The molecule has 3 aromatic rings. The molecule has 4 rings (SSSR count). The molecule has 1 aliphatic carbocycles. The van der Waals surface area contributed by atoms with E-state index in [-0.39, 0.29) is 17.8 Å². The third-order valence-electron chi connectivity index (χ3n) is 4.36. The summed E-state index contributed by atoms with van der Waals surface area (Å²) in [5.41, 5.74) is 3.63. The number of imidazole rings is 1. The number of carbonyl (C=O) groups excluding carboxylic acids is 1. The smallest absolute Gasteiger partial charge is 0.309 e. The molecule has 2 atom stereocenters. The molecule has 0 amide bonds. The molecule has 0 bridgehead atoms. The van der Waals surface area contributed by atoms with Crippen molar-refractivity contribution in [3.8, 4) is 0 Å². The van der Waals surface area contributed by atoms with Gasteiger partial charge in [0, 0.05) is 5.92 Å². The zero-order chi connectivity index (χ0) is 16.5. The van der Waals surface area contributed by atoms with Crippen molar-refractivity contribution in [1.82, 2.24) is 19.5 Å². The van der Waals surface area contributed by atoms with Crippen molar-refractivity contribution in [2.75, 3.05) is 6.61 Å². The first-order valence-corrected chi connectivity index (χ1v) is 8.14. The van der Waals surface area contributed by atoms with Crippen LogP contribution in [0.15, 0.2) is 43.0 Å². The number of carbonyl (C=O) groups is 1. The fourth-order valence-electron chi connectivity index (χ4n) is 3.07. The standard InChI is InChI=1S/C18H18N4O2/c1-2-24-18(23)14-8-13(14)15-16-17(20-10-19-15)22(11-21-16)9-12-6-4-3-5-7-12/h3-7,10-11,13-14H,2,8-9H2,1H3/t13-,14-/m0/s1. The number of esters is 1. The highest BCUT2D eigenvalue weighted by Crippen LogP contribution is 2.48. The molecular formula is C18H18N4O2. The highest BCUT2D eigenvalue weighted by Gasteiger charge is 2.47. The zero-order valence-corrected chi connectivity index (χ0v) is 13.4. The Balaban J connectivity index is 1.62. The van der Waals surface area contributed by atoms with E-state index >= 15 is 0 Å². The van der Waals surface area contributed by atoms with Crippen molar-refractivity contribution >= 4 is 17.1 Å². The first kappa shape index (κ1) is 14.8. The van der Waals surface area contributed by atoms with E-state index in [1.165, 1.54) is 5.56 Å². The summed E-state index contributed by atoms with van der Waals surface area (Å²) in [5.74, 6) is -0.144. The van der Waals surface area contributed by atoms with Crippen molar-refractivity contribution in [3.63, 3.8) is 0 Å². The zero-order valence-electron chi connectivity index (χ0n) is 13.4. The summed E-state index contributed by atoms with van der Waals surface area (Å²) in [6.45, 7) is 2.94. The minimum Gasteiger partial charge on any atom is -0.466 e. The van der Waals surface area contributed by atoms with Crippen LogP contribution in [0.1, 0.15) is 30.5 Å². The summed E-state index contributed by atoms with van der Waals surface area (Å²) in [4.78, 5) is 25.2. The lowest BCUT2D eigenvalue weighted by Gasteiger charge is -2.05. The Kier molecular flexibility index (Phi) is 3.72. The SMILES string of the molecule is CCOC(=O)[C@H]1C[C@@H]1c1ncnc2c1ncn2Cc1ccccc1. The molecule has 24 heavy (non-hydrogen) atoms. The Morgan fingerprint density at radius 3 is 2.88 bits per heavy atom. The number of rotatable bonds is 5. The highest BCUT2D eigenvalue weighted by atomic mass is 16.5. The molecule has 6 heteroatoms. The molecule has 1 fully saturated rings. The summed E-state index contributed by atoms with van der Waals surface area (Å²) >= 11 is 0. The van der Waals surface area contributed by atoms with Crippen molar-refractivity contribution < 1.29 is 9.53 Å². The fourth-order valence-corrected chi connectivity index (χ4v) is 3.07. The van der Waals surface area contributed by atoms with E-state index in [0.717, 1.165) is 23.3 Å². The van der Waals surface area contributed by atoms with Crippen LogP contribution in [0.3, 0.4) is 0 Å². The number of hydrogen-bond donors (Lipinski definition) is 0. The lowest BCUT2D eigenvalue weighted by atomic mass is 10.2. The maximum Gasteiger partial charge on any atom is 0.309 e. The molecule has 6 nitrogen and oxygen atoms in total. The lowest BCUT2D eigenvalue weighted by Crippen LogP contribution is -2.08. The second-order valence-electron chi connectivity index (χ2n) is 5.99. The normalized spacial score (nSPS) is 19.4. The van der Waals surface area contributed by atoms with Crippen molar-refractivity contribution in [1.29, 1.82) is 0 Å². The van der Waals surface area contributed by atoms with Gasteiger partial charge in [-0.25, -0.2) is 15.0 Å². The third kappa shape index (κ3) is 2.64. The Labute approximate surface area is 139 Å². The van der Waals surface area contributed by atoms with Gasteiger partial charge < -0.3 is 9.30 Å². The fraction of sp³-hybridized carbons (Fsp3) is 0.333. The molecule has 1 aromatic carbocycles. The number of hydrogen-bond acceptors (Lipinski definition) is 5. The second-order valence-corrected chi connectivity index (χ2v) is 5.99. The molecule has 0 spiro atoms. The van der Waals surface area contributed by atoms with Gasteiger partial charge in [0.15, 0.2) is 5.65 Å². The lowest BCUT2D eigenvalue weighted by molar-refractivity contribution is -0.144. The molecule has 0 N–H and O–H groups in total. The molecule has 2 aromatic heterocycles. The van der Waals surface area contributed by atoms with Gasteiger partial charge in [0.05, 0.1) is 31.1 Å². The summed E-state index contributed by atoms with van der Waals surface area (Å²) in [5, 5.41) is 0. The number of benzene rings is 1. The Hall–Kier alpha value is -2.76. The van der Waals surface area contributed by atoms with E-state index in [2.05, 4.69) is 27.1 Å². The maximum atomic E-state index is 11.9. The average Bonchev–Trinajstić information content (AvgIpc) is 3.31. The monoisotopic (exact) mass is 322 g/mol. The van der Waals surface area contributed by atoms with Gasteiger partial charge >= 0.3 is 5.97 Å². The van der Waals surface area contributed by atoms with Gasteiger partial charge in [0.2, 0.25) is 0 Å². The van der Waals surface area contributed by atoms with Crippen molar-refractivity contribution in [2.24, 2.45) is 5.92 Å². The largest absolute Gasteiger partial charge is 0.466 e. The Morgan fingerprint density at radius 2 is 2.08 bits per heavy atom. The first-order valence-electron chi connectivity index (χ1n) is 8.14. The average molecular weight is 322 g/mol. The molecule has 0 aliphatic heterocycles. The number of aromatic nitrogens is 4. The molecule has 1 saturated carbocycles. The summed E-state index contributed by atoms with van der Waals surface area (Å²) in [7, 11) is 0. The summed E-state index contributed by atoms with van der Waals surface area (Å²) < 4.78 is 7.12. The van der Waals surface area contributed by atoms with E-state index in [1.54, 1.807) is 12.7 Å².